The number of hydrogen-bond donors (Lipinski definition) is 2. The maximum atomic E-state index is 11.8. The molecule has 0 aliphatic heterocycles. The summed E-state index contributed by atoms with van der Waals surface area (Å²) in [5.41, 5.74) is 1.94. The van der Waals surface area contributed by atoms with E-state index in [-0.39, 0.29) is 18.3 Å². The fraction of sp³-hybridized carbons (Fsp3) is 0.0556. The zero-order valence-corrected chi connectivity index (χ0v) is 12.7. The lowest BCUT2D eigenvalue weighted by atomic mass is 10.1. The molecule has 1 amide bonds. The van der Waals surface area contributed by atoms with Crippen LogP contribution in [0.5, 0.6) is 5.75 Å². The van der Waals surface area contributed by atoms with Crippen LogP contribution < -0.4 is 5.32 Å². The van der Waals surface area contributed by atoms with Gasteiger partial charge in [-0.1, -0.05) is 42.5 Å². The number of rotatable bonds is 4. The van der Waals surface area contributed by atoms with E-state index >= 15 is 0 Å². The number of benzene rings is 2. The van der Waals surface area contributed by atoms with E-state index in [9.17, 15) is 9.90 Å². The highest BCUT2D eigenvalue weighted by atomic mass is 16.5. The van der Waals surface area contributed by atoms with Crippen molar-refractivity contribution < 1.29 is 14.6 Å². The molecule has 0 saturated heterocycles. The van der Waals surface area contributed by atoms with E-state index in [1.165, 1.54) is 6.20 Å². The summed E-state index contributed by atoms with van der Waals surface area (Å²) in [4.78, 5) is 20.0. The number of phenols is 1. The first-order valence-electron chi connectivity index (χ1n) is 7.31. The molecule has 0 aliphatic rings. The second kappa shape index (κ2) is 7.23. The Morgan fingerprint density at radius 2 is 1.79 bits per heavy atom. The number of ether oxygens (including phenoxy) is 1. The van der Waals surface area contributed by atoms with Crippen molar-refractivity contribution in [2.24, 2.45) is 0 Å². The third-order valence-corrected chi connectivity index (χ3v) is 3.26. The lowest BCUT2D eigenvalue weighted by Gasteiger charge is -2.08. The van der Waals surface area contributed by atoms with E-state index in [0.29, 0.717) is 11.3 Å². The van der Waals surface area contributed by atoms with Crippen LogP contribution in [0, 0.1) is 0 Å². The van der Waals surface area contributed by atoms with Gasteiger partial charge in [0.2, 0.25) is 5.95 Å². The fourth-order valence-corrected chi connectivity index (χ4v) is 2.11. The van der Waals surface area contributed by atoms with Gasteiger partial charge in [-0.05, 0) is 23.8 Å². The normalized spacial score (nSPS) is 10.2. The van der Waals surface area contributed by atoms with Crippen molar-refractivity contribution >= 4 is 12.0 Å². The maximum absolute atomic E-state index is 11.8. The van der Waals surface area contributed by atoms with Crippen molar-refractivity contribution in [2.45, 2.75) is 6.61 Å². The number of nitrogens with one attached hydrogen (secondary N) is 1. The molecule has 1 heterocycles. The van der Waals surface area contributed by atoms with Crippen LogP contribution in [0.3, 0.4) is 0 Å². The van der Waals surface area contributed by atoms with Gasteiger partial charge in [-0.3, -0.25) is 5.32 Å². The van der Waals surface area contributed by atoms with Crippen LogP contribution in [0.2, 0.25) is 0 Å². The molecule has 2 N–H and O–H groups in total. The van der Waals surface area contributed by atoms with Crippen LogP contribution in [0.25, 0.3) is 11.3 Å². The molecule has 2 aromatic carbocycles. The molecule has 6 nitrogen and oxygen atoms in total. The zero-order valence-electron chi connectivity index (χ0n) is 12.7. The number of aromatic nitrogens is 2. The Morgan fingerprint density at radius 1 is 1.04 bits per heavy atom. The fourth-order valence-electron chi connectivity index (χ4n) is 2.11. The second-order valence-electron chi connectivity index (χ2n) is 4.97. The number of carbonyl (C=O) groups is 1. The van der Waals surface area contributed by atoms with Gasteiger partial charge in [-0.2, -0.15) is 0 Å². The first-order chi connectivity index (χ1) is 11.7. The van der Waals surface area contributed by atoms with E-state index in [2.05, 4.69) is 15.3 Å². The highest BCUT2D eigenvalue weighted by Crippen LogP contribution is 2.27. The van der Waals surface area contributed by atoms with Gasteiger partial charge in [0.25, 0.3) is 0 Å². The molecule has 120 valence electrons. The Kier molecular flexibility index (Phi) is 4.67. The Bertz CT molecular complexity index is 838. The molecule has 0 unspecified atom stereocenters. The maximum Gasteiger partial charge on any atom is 0.414 e. The van der Waals surface area contributed by atoms with Crippen molar-refractivity contribution in [2.75, 3.05) is 5.32 Å². The average Bonchev–Trinajstić information content (AvgIpc) is 2.61. The predicted octanol–water partition coefficient (Wildman–Crippen LogP) is 3.60. The van der Waals surface area contributed by atoms with Crippen LogP contribution in [0.1, 0.15) is 5.56 Å². The Balaban J connectivity index is 1.66. The second-order valence-corrected chi connectivity index (χ2v) is 4.97. The third kappa shape index (κ3) is 3.86. The topological polar surface area (TPSA) is 84.3 Å². The van der Waals surface area contributed by atoms with Gasteiger partial charge < -0.3 is 9.84 Å². The molecule has 0 aliphatic carbocycles. The number of para-hydroxylation sites is 1. The van der Waals surface area contributed by atoms with Gasteiger partial charge in [-0.15, -0.1) is 0 Å². The lowest BCUT2D eigenvalue weighted by molar-refractivity contribution is 0.155. The van der Waals surface area contributed by atoms with Gasteiger partial charge in [0.15, 0.2) is 0 Å². The van der Waals surface area contributed by atoms with Crippen molar-refractivity contribution in [3.63, 3.8) is 0 Å². The predicted molar refractivity (Wildman–Crippen MR) is 89.4 cm³/mol. The minimum absolute atomic E-state index is 0.105. The van der Waals surface area contributed by atoms with E-state index in [1.54, 1.807) is 30.3 Å². The zero-order chi connectivity index (χ0) is 16.8. The van der Waals surface area contributed by atoms with Crippen molar-refractivity contribution in [3.8, 4) is 17.0 Å². The van der Waals surface area contributed by atoms with Crippen LogP contribution in [0.4, 0.5) is 10.7 Å². The van der Waals surface area contributed by atoms with Gasteiger partial charge in [0.1, 0.15) is 12.4 Å². The lowest BCUT2D eigenvalue weighted by Crippen LogP contribution is -2.15. The van der Waals surface area contributed by atoms with Crippen LogP contribution in [-0.2, 0) is 11.3 Å². The highest BCUT2D eigenvalue weighted by molar-refractivity contribution is 5.82. The first-order valence-corrected chi connectivity index (χ1v) is 7.31. The first kappa shape index (κ1) is 15.5. The van der Waals surface area contributed by atoms with Crippen LogP contribution in [-0.4, -0.2) is 21.2 Å². The van der Waals surface area contributed by atoms with Gasteiger partial charge in [0.05, 0.1) is 5.69 Å². The summed E-state index contributed by atoms with van der Waals surface area (Å²) < 4.78 is 5.12. The molecular weight excluding hydrogens is 306 g/mol. The molecule has 0 atom stereocenters. The molecular formula is C18H15N3O3. The van der Waals surface area contributed by atoms with E-state index < -0.39 is 6.09 Å². The van der Waals surface area contributed by atoms with E-state index in [4.69, 9.17) is 4.74 Å². The Labute approximate surface area is 138 Å². The number of amides is 1. The van der Waals surface area contributed by atoms with Gasteiger partial charge in [0, 0.05) is 11.8 Å². The monoisotopic (exact) mass is 321 g/mol. The summed E-state index contributed by atoms with van der Waals surface area (Å²) in [6, 6.07) is 17.8. The standard InChI is InChI=1S/C18H15N3O3/c22-16-9-5-4-8-14(16)15-10-11-19-17(20-15)21-18(23)24-12-13-6-2-1-3-7-13/h1-11,22H,12H2,(H,19,20,21,23). The summed E-state index contributed by atoms with van der Waals surface area (Å²) in [5, 5.41) is 12.4. The average molecular weight is 321 g/mol. The molecule has 3 aromatic rings. The van der Waals surface area contributed by atoms with Crippen LogP contribution in [0.15, 0.2) is 66.9 Å². The Morgan fingerprint density at radius 3 is 2.58 bits per heavy atom. The van der Waals surface area contributed by atoms with Crippen molar-refractivity contribution in [1.29, 1.82) is 0 Å². The highest BCUT2D eigenvalue weighted by Gasteiger charge is 2.09. The van der Waals surface area contributed by atoms with Crippen molar-refractivity contribution in [3.05, 3.63) is 72.4 Å². The molecule has 0 spiro atoms. The molecule has 24 heavy (non-hydrogen) atoms. The minimum Gasteiger partial charge on any atom is -0.507 e. The number of phenolic OH excluding ortho intramolecular Hbond substituents is 1. The van der Waals surface area contributed by atoms with E-state index in [1.807, 2.05) is 30.3 Å². The molecule has 1 aromatic heterocycles. The number of anilines is 1. The largest absolute Gasteiger partial charge is 0.507 e. The summed E-state index contributed by atoms with van der Waals surface area (Å²) in [7, 11) is 0. The molecule has 0 radical (unpaired) electrons. The quantitative estimate of drug-likeness (QED) is 0.767. The summed E-state index contributed by atoms with van der Waals surface area (Å²) >= 11 is 0. The molecule has 0 bridgehead atoms. The van der Waals surface area contributed by atoms with Gasteiger partial charge >= 0.3 is 6.09 Å². The number of nitrogens with zero attached hydrogens (tertiary/aromatic N) is 2. The number of carbonyl (C=O) groups excluding carboxylic acids is 1. The Hall–Kier alpha value is -3.41. The number of aromatic hydroxyl groups is 1. The summed E-state index contributed by atoms with van der Waals surface area (Å²) in [6.07, 6.45) is 0.856. The van der Waals surface area contributed by atoms with Crippen molar-refractivity contribution in [1.82, 2.24) is 9.97 Å². The minimum atomic E-state index is -0.645. The summed E-state index contributed by atoms with van der Waals surface area (Å²) in [6.45, 7) is 0.159. The SMILES string of the molecule is O=C(Nc1nccc(-c2ccccc2O)n1)OCc1ccccc1. The van der Waals surface area contributed by atoms with Gasteiger partial charge in [-0.25, -0.2) is 14.8 Å². The van der Waals surface area contributed by atoms with E-state index in [0.717, 1.165) is 5.56 Å². The molecule has 0 saturated carbocycles. The third-order valence-electron chi connectivity index (χ3n) is 3.26. The molecule has 0 fully saturated rings. The smallest absolute Gasteiger partial charge is 0.414 e. The number of hydrogen-bond acceptors (Lipinski definition) is 5. The molecule has 3 rings (SSSR count). The summed E-state index contributed by atoms with van der Waals surface area (Å²) in [5.74, 6) is 0.211. The molecule has 6 heteroatoms. The van der Waals surface area contributed by atoms with Crippen LogP contribution >= 0.6 is 0 Å².